The largest absolute Gasteiger partial charge is 0.332 e. The predicted octanol–water partition coefficient (Wildman–Crippen LogP) is 7.58. The van der Waals surface area contributed by atoms with Crippen molar-refractivity contribution in [3.63, 3.8) is 0 Å². The SMILES string of the molecule is Cc1ccc(C)c(NC(=O)C(Sc2cccc(NC(=S)Nc3ccccc3)c2)c2ccccc2)c1. The van der Waals surface area contributed by atoms with Gasteiger partial charge in [-0.25, -0.2) is 0 Å². The van der Waals surface area contributed by atoms with Crippen LogP contribution in [-0.4, -0.2) is 11.0 Å². The topological polar surface area (TPSA) is 53.2 Å². The minimum absolute atomic E-state index is 0.0606. The molecule has 0 aliphatic heterocycles. The Balaban J connectivity index is 1.52. The average molecular weight is 498 g/mol. The molecule has 0 spiro atoms. The maximum absolute atomic E-state index is 13.5. The van der Waals surface area contributed by atoms with Crippen LogP contribution in [0.4, 0.5) is 17.1 Å². The summed E-state index contributed by atoms with van der Waals surface area (Å²) in [4.78, 5) is 14.4. The van der Waals surface area contributed by atoms with E-state index in [9.17, 15) is 4.79 Å². The summed E-state index contributed by atoms with van der Waals surface area (Å²) in [5.74, 6) is -0.0606. The van der Waals surface area contributed by atoms with Crippen molar-refractivity contribution in [3.05, 3.63) is 120 Å². The standard InChI is InChI=1S/C29H27N3OS2/c1-20-16-17-21(2)26(18-20)32-28(33)27(22-10-5-3-6-11-22)35-25-15-9-14-24(19-25)31-29(34)30-23-12-7-4-8-13-23/h3-19,27H,1-2H3,(H,32,33)(H2,30,31,34). The minimum atomic E-state index is -0.416. The third-order valence-corrected chi connectivity index (χ3v) is 6.82. The molecular weight excluding hydrogens is 470 g/mol. The molecule has 0 heterocycles. The lowest BCUT2D eigenvalue weighted by Crippen LogP contribution is -2.20. The zero-order valence-electron chi connectivity index (χ0n) is 19.6. The number of para-hydroxylation sites is 1. The fourth-order valence-electron chi connectivity index (χ4n) is 3.57. The van der Waals surface area contributed by atoms with Crippen LogP contribution in [0.1, 0.15) is 21.9 Å². The maximum atomic E-state index is 13.5. The van der Waals surface area contributed by atoms with Gasteiger partial charge in [0, 0.05) is 22.0 Å². The van der Waals surface area contributed by atoms with Gasteiger partial charge in [0.1, 0.15) is 5.25 Å². The molecule has 0 saturated carbocycles. The number of hydrogen-bond acceptors (Lipinski definition) is 3. The number of carbonyl (C=O) groups excluding carboxylic acids is 1. The van der Waals surface area contributed by atoms with E-state index in [4.69, 9.17) is 12.2 Å². The van der Waals surface area contributed by atoms with Crippen molar-refractivity contribution in [2.75, 3.05) is 16.0 Å². The van der Waals surface area contributed by atoms with Crippen molar-refractivity contribution in [2.24, 2.45) is 0 Å². The highest BCUT2D eigenvalue weighted by atomic mass is 32.2. The fraction of sp³-hybridized carbons (Fsp3) is 0.103. The molecule has 4 aromatic rings. The first kappa shape index (κ1) is 24.5. The summed E-state index contributed by atoms with van der Waals surface area (Å²) in [5.41, 5.74) is 5.69. The van der Waals surface area contributed by atoms with E-state index in [-0.39, 0.29) is 5.91 Å². The minimum Gasteiger partial charge on any atom is -0.332 e. The number of rotatable bonds is 7. The normalized spacial score (nSPS) is 11.4. The number of thiocarbonyl (C=S) groups is 1. The molecule has 0 saturated heterocycles. The summed E-state index contributed by atoms with van der Waals surface area (Å²) < 4.78 is 0. The van der Waals surface area contributed by atoms with Crippen molar-refractivity contribution >= 4 is 52.1 Å². The number of hydrogen-bond donors (Lipinski definition) is 3. The van der Waals surface area contributed by atoms with Crippen LogP contribution in [0.2, 0.25) is 0 Å². The second kappa shape index (κ2) is 11.7. The van der Waals surface area contributed by atoms with E-state index in [2.05, 4.69) is 16.0 Å². The molecule has 35 heavy (non-hydrogen) atoms. The van der Waals surface area contributed by atoms with Crippen molar-refractivity contribution in [3.8, 4) is 0 Å². The Morgan fingerprint density at radius 1 is 0.743 bits per heavy atom. The van der Waals surface area contributed by atoms with Crippen LogP contribution in [0.25, 0.3) is 0 Å². The highest BCUT2D eigenvalue weighted by molar-refractivity contribution is 8.00. The van der Waals surface area contributed by atoms with Crippen LogP contribution in [0.5, 0.6) is 0 Å². The van der Waals surface area contributed by atoms with Crippen LogP contribution in [-0.2, 0) is 4.79 Å². The van der Waals surface area contributed by atoms with Gasteiger partial charge in [-0.05, 0) is 79.2 Å². The lowest BCUT2D eigenvalue weighted by Gasteiger charge is -2.19. The first-order valence-electron chi connectivity index (χ1n) is 11.3. The molecule has 1 atom stereocenters. The number of thioether (sulfide) groups is 1. The van der Waals surface area contributed by atoms with Gasteiger partial charge in [-0.1, -0.05) is 66.7 Å². The molecule has 4 rings (SSSR count). The summed E-state index contributed by atoms with van der Waals surface area (Å²) in [6.45, 7) is 4.02. The van der Waals surface area contributed by atoms with Crippen molar-refractivity contribution in [1.82, 2.24) is 0 Å². The Hall–Kier alpha value is -3.61. The molecule has 0 bridgehead atoms. The van der Waals surface area contributed by atoms with Gasteiger partial charge >= 0.3 is 0 Å². The fourth-order valence-corrected chi connectivity index (χ4v) is 4.89. The summed E-state index contributed by atoms with van der Waals surface area (Å²) >= 11 is 6.98. The van der Waals surface area contributed by atoms with E-state index in [0.717, 1.165) is 38.6 Å². The molecule has 0 aromatic heterocycles. The van der Waals surface area contributed by atoms with Crippen LogP contribution in [0, 0.1) is 13.8 Å². The van der Waals surface area contributed by atoms with Gasteiger partial charge in [0.05, 0.1) is 0 Å². The highest BCUT2D eigenvalue weighted by Crippen LogP contribution is 2.37. The van der Waals surface area contributed by atoms with Gasteiger partial charge < -0.3 is 16.0 Å². The zero-order valence-corrected chi connectivity index (χ0v) is 21.3. The number of aryl methyl sites for hydroxylation is 2. The number of anilines is 3. The monoisotopic (exact) mass is 497 g/mol. The number of benzene rings is 4. The molecule has 0 fully saturated rings. The lowest BCUT2D eigenvalue weighted by atomic mass is 10.1. The van der Waals surface area contributed by atoms with E-state index < -0.39 is 5.25 Å². The molecule has 6 heteroatoms. The Kier molecular flexibility index (Phi) is 8.19. The molecule has 1 amide bonds. The van der Waals surface area contributed by atoms with Gasteiger partial charge in [0.15, 0.2) is 5.11 Å². The number of carbonyl (C=O) groups is 1. The number of nitrogens with one attached hydrogen (secondary N) is 3. The van der Waals surface area contributed by atoms with Gasteiger partial charge in [-0.15, -0.1) is 11.8 Å². The molecule has 4 aromatic carbocycles. The molecule has 1 unspecified atom stereocenters. The van der Waals surface area contributed by atoms with Crippen LogP contribution in [0.3, 0.4) is 0 Å². The van der Waals surface area contributed by atoms with Crippen LogP contribution >= 0.6 is 24.0 Å². The second-order valence-corrected chi connectivity index (χ2v) is 9.78. The summed E-state index contributed by atoms with van der Waals surface area (Å²) in [7, 11) is 0. The zero-order chi connectivity index (χ0) is 24.6. The molecule has 0 aliphatic rings. The molecule has 176 valence electrons. The van der Waals surface area contributed by atoms with E-state index in [1.165, 1.54) is 11.8 Å². The van der Waals surface area contributed by atoms with E-state index in [0.29, 0.717) is 5.11 Å². The molecule has 0 aliphatic carbocycles. The Labute approximate surface area is 216 Å². The quantitative estimate of drug-likeness (QED) is 0.181. The highest BCUT2D eigenvalue weighted by Gasteiger charge is 2.23. The average Bonchev–Trinajstić information content (AvgIpc) is 2.86. The Bertz CT molecular complexity index is 1310. The van der Waals surface area contributed by atoms with Gasteiger partial charge in [0.2, 0.25) is 5.91 Å². The van der Waals surface area contributed by atoms with Crippen molar-refractivity contribution in [2.45, 2.75) is 24.0 Å². The predicted molar refractivity (Wildman–Crippen MR) is 152 cm³/mol. The second-order valence-electron chi connectivity index (χ2n) is 8.19. The van der Waals surface area contributed by atoms with Gasteiger partial charge in [0.25, 0.3) is 0 Å². The van der Waals surface area contributed by atoms with E-state index in [1.807, 2.05) is 117 Å². The van der Waals surface area contributed by atoms with Crippen molar-refractivity contribution < 1.29 is 4.79 Å². The van der Waals surface area contributed by atoms with E-state index in [1.54, 1.807) is 0 Å². The summed E-state index contributed by atoms with van der Waals surface area (Å²) in [6.07, 6.45) is 0. The lowest BCUT2D eigenvalue weighted by molar-refractivity contribution is -0.115. The third kappa shape index (κ3) is 6.94. The molecular formula is C29H27N3OS2. The molecule has 4 nitrogen and oxygen atoms in total. The first-order chi connectivity index (χ1) is 17.0. The Morgan fingerprint density at radius 2 is 1.40 bits per heavy atom. The maximum Gasteiger partial charge on any atom is 0.242 e. The van der Waals surface area contributed by atoms with E-state index >= 15 is 0 Å². The van der Waals surface area contributed by atoms with Gasteiger partial charge in [-0.2, -0.15) is 0 Å². The molecule has 0 radical (unpaired) electrons. The smallest absolute Gasteiger partial charge is 0.242 e. The van der Waals surface area contributed by atoms with Gasteiger partial charge in [-0.3, -0.25) is 4.79 Å². The number of amides is 1. The van der Waals surface area contributed by atoms with Crippen LogP contribution < -0.4 is 16.0 Å². The van der Waals surface area contributed by atoms with Crippen LogP contribution in [0.15, 0.2) is 108 Å². The Morgan fingerprint density at radius 3 is 2.14 bits per heavy atom. The first-order valence-corrected chi connectivity index (χ1v) is 12.6. The summed E-state index contributed by atoms with van der Waals surface area (Å²) in [6, 6.07) is 33.6. The summed E-state index contributed by atoms with van der Waals surface area (Å²) in [5, 5.41) is 9.64. The molecule has 3 N–H and O–H groups in total. The third-order valence-electron chi connectivity index (χ3n) is 5.37. The van der Waals surface area contributed by atoms with Crippen molar-refractivity contribution in [1.29, 1.82) is 0 Å².